The molecule has 0 fully saturated rings. The second-order valence-electron chi connectivity index (χ2n) is 3.21. The van der Waals surface area contributed by atoms with Gasteiger partial charge < -0.3 is 4.57 Å². The zero-order valence-electron chi connectivity index (χ0n) is 8.06. The van der Waals surface area contributed by atoms with Crippen LogP contribution in [0.15, 0.2) is 16.8 Å². The highest BCUT2D eigenvalue weighted by molar-refractivity contribution is 6.36. The Hall–Kier alpha value is -0.400. The summed E-state index contributed by atoms with van der Waals surface area (Å²) in [4.78, 5) is 0. The number of nitrogens with zero attached hydrogens (tertiary/aromatic N) is 1. The van der Waals surface area contributed by atoms with Crippen molar-refractivity contribution in [2.45, 2.75) is 27.3 Å². The lowest BCUT2D eigenvalue weighted by molar-refractivity contribution is 0.784. The first kappa shape index (κ1) is 10.7. The highest BCUT2D eigenvalue weighted by atomic mass is 35.5. The topological polar surface area (TPSA) is 4.93 Å². The Balaban J connectivity index is 2.96. The van der Waals surface area contributed by atoms with Gasteiger partial charge in [-0.2, -0.15) is 0 Å². The van der Waals surface area contributed by atoms with Crippen molar-refractivity contribution in [1.29, 1.82) is 0 Å². The molecule has 1 aromatic rings. The molecule has 0 saturated carbocycles. The summed E-state index contributed by atoms with van der Waals surface area (Å²) in [7, 11) is 0. The first-order valence-electron chi connectivity index (χ1n) is 4.14. The maximum absolute atomic E-state index is 5.84. The maximum atomic E-state index is 5.84. The molecular formula is C10H13Cl2N. The molecule has 3 heteroatoms. The van der Waals surface area contributed by atoms with Crippen LogP contribution in [0.25, 0.3) is 0 Å². The Bertz CT molecular complexity index is 337. The highest BCUT2D eigenvalue weighted by Crippen LogP contribution is 2.17. The molecule has 0 unspecified atom stereocenters. The molecule has 0 aliphatic heterocycles. The summed E-state index contributed by atoms with van der Waals surface area (Å²) in [6.45, 7) is 6.95. The van der Waals surface area contributed by atoms with Crippen LogP contribution in [0.2, 0.25) is 0 Å². The van der Waals surface area contributed by atoms with Gasteiger partial charge in [0.2, 0.25) is 0 Å². The van der Waals surface area contributed by atoms with E-state index < -0.39 is 0 Å². The quantitative estimate of drug-likeness (QED) is 0.712. The number of rotatable bonds is 2. The average molecular weight is 218 g/mol. The lowest BCUT2D eigenvalue weighted by atomic mass is 10.2. The van der Waals surface area contributed by atoms with Crippen molar-refractivity contribution < 1.29 is 0 Å². The van der Waals surface area contributed by atoms with E-state index in [1.807, 2.05) is 0 Å². The molecule has 0 aliphatic carbocycles. The fourth-order valence-electron chi connectivity index (χ4n) is 1.29. The largest absolute Gasteiger partial charge is 0.346 e. The van der Waals surface area contributed by atoms with Crippen molar-refractivity contribution in [3.05, 3.63) is 33.6 Å². The van der Waals surface area contributed by atoms with Gasteiger partial charge in [-0.3, -0.25) is 0 Å². The number of hydrogen-bond acceptors (Lipinski definition) is 0. The molecule has 0 spiro atoms. The van der Waals surface area contributed by atoms with Crippen LogP contribution in [-0.4, -0.2) is 4.57 Å². The summed E-state index contributed by atoms with van der Waals surface area (Å²) < 4.78 is 2.10. The third-order valence-corrected chi connectivity index (χ3v) is 2.96. The van der Waals surface area contributed by atoms with Gasteiger partial charge in [-0.15, -0.1) is 0 Å². The Morgan fingerprint density at radius 2 is 2.08 bits per heavy atom. The summed E-state index contributed by atoms with van der Waals surface area (Å²) in [5.41, 5.74) is 5.26. The van der Waals surface area contributed by atoms with Crippen LogP contribution in [0, 0.1) is 20.8 Å². The molecule has 0 aromatic carbocycles. The van der Waals surface area contributed by atoms with Gasteiger partial charge in [-0.1, -0.05) is 23.2 Å². The van der Waals surface area contributed by atoms with Crippen LogP contribution in [-0.2, 0) is 6.54 Å². The van der Waals surface area contributed by atoms with Crippen molar-refractivity contribution in [2.75, 3.05) is 0 Å². The van der Waals surface area contributed by atoms with E-state index in [-0.39, 0.29) is 0 Å². The van der Waals surface area contributed by atoms with Gasteiger partial charge in [0, 0.05) is 22.5 Å². The van der Waals surface area contributed by atoms with Crippen LogP contribution in [0.1, 0.15) is 16.8 Å². The van der Waals surface area contributed by atoms with E-state index >= 15 is 0 Å². The lowest BCUT2D eigenvalue weighted by Gasteiger charge is -2.04. The van der Waals surface area contributed by atoms with Crippen molar-refractivity contribution in [2.24, 2.45) is 0 Å². The van der Waals surface area contributed by atoms with Crippen LogP contribution in [0.3, 0.4) is 0 Å². The molecule has 1 rings (SSSR count). The molecular weight excluding hydrogens is 205 g/mol. The second-order valence-corrected chi connectivity index (χ2v) is 3.91. The fourth-order valence-corrected chi connectivity index (χ4v) is 1.49. The molecule has 13 heavy (non-hydrogen) atoms. The first-order chi connectivity index (χ1) is 6.06. The van der Waals surface area contributed by atoms with Crippen molar-refractivity contribution >= 4 is 23.2 Å². The van der Waals surface area contributed by atoms with Gasteiger partial charge in [0.25, 0.3) is 0 Å². The van der Waals surface area contributed by atoms with E-state index in [0.717, 1.165) is 0 Å². The normalized spacial score (nSPS) is 12.2. The minimum Gasteiger partial charge on any atom is -0.346 e. The standard InChI is InChI=1S/C10H13Cl2N/c1-7-5-13(6-10(12)4-11)9(3)8(7)2/h4-5H,6H2,1-3H3/b10-4-. The average Bonchev–Trinajstić information content (AvgIpc) is 2.34. The molecule has 0 N–H and O–H groups in total. The van der Waals surface area contributed by atoms with Gasteiger partial charge in [0.05, 0.1) is 6.54 Å². The van der Waals surface area contributed by atoms with E-state index in [1.165, 1.54) is 22.4 Å². The number of halogens is 2. The fraction of sp³-hybridized carbons (Fsp3) is 0.400. The molecule has 0 radical (unpaired) electrons. The van der Waals surface area contributed by atoms with Gasteiger partial charge in [0.15, 0.2) is 0 Å². The number of aryl methyl sites for hydroxylation is 1. The predicted molar refractivity (Wildman–Crippen MR) is 58.4 cm³/mol. The van der Waals surface area contributed by atoms with E-state index in [1.54, 1.807) is 0 Å². The monoisotopic (exact) mass is 217 g/mol. The van der Waals surface area contributed by atoms with Crippen LogP contribution < -0.4 is 0 Å². The highest BCUT2D eigenvalue weighted by Gasteiger charge is 2.05. The maximum Gasteiger partial charge on any atom is 0.0588 e. The number of allylic oxidation sites excluding steroid dienone is 1. The second kappa shape index (κ2) is 4.21. The van der Waals surface area contributed by atoms with E-state index in [2.05, 4.69) is 31.5 Å². The third-order valence-electron chi connectivity index (χ3n) is 2.35. The van der Waals surface area contributed by atoms with Crippen molar-refractivity contribution in [3.63, 3.8) is 0 Å². The van der Waals surface area contributed by atoms with Crippen molar-refractivity contribution in [3.8, 4) is 0 Å². The lowest BCUT2D eigenvalue weighted by Crippen LogP contribution is -1.98. The van der Waals surface area contributed by atoms with Crippen LogP contribution >= 0.6 is 23.2 Å². The van der Waals surface area contributed by atoms with E-state index in [4.69, 9.17) is 23.2 Å². The van der Waals surface area contributed by atoms with Gasteiger partial charge in [0.1, 0.15) is 0 Å². The molecule has 72 valence electrons. The SMILES string of the molecule is Cc1cn(C/C(Cl)=C/Cl)c(C)c1C. The zero-order valence-corrected chi connectivity index (χ0v) is 9.58. The van der Waals surface area contributed by atoms with Crippen LogP contribution in [0.5, 0.6) is 0 Å². The first-order valence-corrected chi connectivity index (χ1v) is 4.95. The minimum absolute atomic E-state index is 0.653. The third kappa shape index (κ3) is 2.29. The number of aromatic nitrogens is 1. The summed E-state index contributed by atoms with van der Waals surface area (Å²) >= 11 is 11.3. The van der Waals surface area contributed by atoms with Gasteiger partial charge in [-0.25, -0.2) is 0 Å². The number of hydrogen-bond donors (Lipinski definition) is 0. The molecule has 1 aromatic heterocycles. The summed E-state index contributed by atoms with van der Waals surface area (Å²) in [5.74, 6) is 0. The van der Waals surface area contributed by atoms with Crippen molar-refractivity contribution in [1.82, 2.24) is 4.57 Å². The Labute approximate surface area is 89.0 Å². The molecule has 1 nitrogen and oxygen atoms in total. The van der Waals surface area contributed by atoms with Gasteiger partial charge >= 0.3 is 0 Å². The predicted octanol–water partition coefficient (Wildman–Crippen LogP) is 3.73. The van der Waals surface area contributed by atoms with Crippen LogP contribution in [0.4, 0.5) is 0 Å². The zero-order chi connectivity index (χ0) is 10.0. The van der Waals surface area contributed by atoms with E-state index in [0.29, 0.717) is 11.6 Å². The summed E-state index contributed by atoms with van der Waals surface area (Å²) in [6.07, 6.45) is 2.09. The molecule has 0 bridgehead atoms. The molecule has 0 amide bonds. The summed E-state index contributed by atoms with van der Waals surface area (Å²) in [5, 5.41) is 0.653. The minimum atomic E-state index is 0.653. The Morgan fingerprint density at radius 1 is 1.46 bits per heavy atom. The molecule has 0 saturated heterocycles. The summed E-state index contributed by atoms with van der Waals surface area (Å²) in [6, 6.07) is 0. The Kier molecular flexibility index (Phi) is 3.46. The smallest absolute Gasteiger partial charge is 0.0588 e. The molecule has 1 heterocycles. The molecule has 0 atom stereocenters. The Morgan fingerprint density at radius 3 is 2.46 bits per heavy atom. The van der Waals surface area contributed by atoms with Gasteiger partial charge in [-0.05, 0) is 31.9 Å². The van der Waals surface area contributed by atoms with E-state index in [9.17, 15) is 0 Å². The molecule has 0 aliphatic rings.